The summed E-state index contributed by atoms with van der Waals surface area (Å²) in [4.78, 5) is 16.7. The summed E-state index contributed by atoms with van der Waals surface area (Å²) in [6.07, 6.45) is 2.04. The van der Waals surface area contributed by atoms with Crippen LogP contribution in [-0.4, -0.2) is 17.5 Å². The maximum absolute atomic E-state index is 12.6. The van der Waals surface area contributed by atoms with Crippen LogP contribution in [0.5, 0.6) is 5.75 Å². The topological polar surface area (TPSA) is 64.4 Å². The molecule has 116 valence electrons. The summed E-state index contributed by atoms with van der Waals surface area (Å²) in [6.45, 7) is 6.54. The number of ether oxygens (including phenoxy) is 1. The number of rotatable bonds is 3. The van der Waals surface area contributed by atoms with Crippen LogP contribution in [0.25, 0.3) is 0 Å². The molecule has 2 heterocycles. The minimum absolute atomic E-state index is 0.109. The number of carbonyl (C=O) groups excluding carboxylic acids is 1. The third-order valence-corrected chi connectivity index (χ3v) is 4.06. The molecule has 1 N–H and O–H groups in total. The van der Waals surface area contributed by atoms with E-state index in [-0.39, 0.29) is 11.8 Å². The van der Waals surface area contributed by atoms with Gasteiger partial charge in [0.25, 0.3) is 5.91 Å². The van der Waals surface area contributed by atoms with Crippen molar-refractivity contribution in [2.24, 2.45) is 0 Å². The van der Waals surface area contributed by atoms with E-state index >= 15 is 0 Å². The zero-order valence-corrected chi connectivity index (χ0v) is 13.1. The summed E-state index contributed by atoms with van der Waals surface area (Å²) in [6, 6.07) is 7.80. The smallest absolute Gasteiger partial charge is 0.274 e. The monoisotopic (exact) mass is 300 g/mol. The minimum Gasteiger partial charge on any atom is -0.493 e. The first-order valence-corrected chi connectivity index (χ1v) is 7.49. The van der Waals surface area contributed by atoms with Crippen LogP contribution < -0.4 is 10.1 Å². The van der Waals surface area contributed by atoms with Gasteiger partial charge >= 0.3 is 0 Å². The summed E-state index contributed by atoms with van der Waals surface area (Å²) in [7, 11) is 0. The second-order valence-electron chi connectivity index (χ2n) is 6.10. The Balaban J connectivity index is 1.90. The average molecular weight is 300 g/mol. The summed E-state index contributed by atoms with van der Waals surface area (Å²) in [5.74, 6) is 1.33. The van der Waals surface area contributed by atoms with Crippen molar-refractivity contribution in [3.8, 4) is 5.75 Å². The van der Waals surface area contributed by atoms with Gasteiger partial charge in [-0.15, -0.1) is 0 Å². The van der Waals surface area contributed by atoms with E-state index in [1.807, 2.05) is 45.0 Å². The fourth-order valence-electron chi connectivity index (χ4n) is 2.82. The van der Waals surface area contributed by atoms with Gasteiger partial charge in [0.2, 0.25) is 0 Å². The van der Waals surface area contributed by atoms with Gasteiger partial charge in [-0.1, -0.05) is 32.0 Å². The standard InChI is InChI=1S/C17H20N2O3/c1-11(2)15-14(18-10-22-15)16(20)19-17(3)8-9-21-13-7-5-4-6-12(13)17/h4-7,10-11H,8-9H2,1-3H3,(H,19,20). The van der Waals surface area contributed by atoms with Crippen LogP contribution in [0.1, 0.15) is 54.9 Å². The Bertz CT molecular complexity index is 693. The molecule has 1 amide bonds. The number of aromatic nitrogens is 1. The van der Waals surface area contributed by atoms with Crippen LogP contribution in [0.2, 0.25) is 0 Å². The molecule has 3 rings (SSSR count). The first kappa shape index (κ1) is 14.6. The number of fused-ring (bicyclic) bond motifs is 1. The second kappa shape index (κ2) is 5.48. The lowest BCUT2D eigenvalue weighted by atomic mass is 9.86. The largest absolute Gasteiger partial charge is 0.493 e. The van der Waals surface area contributed by atoms with Crippen LogP contribution >= 0.6 is 0 Å². The van der Waals surface area contributed by atoms with Crippen molar-refractivity contribution >= 4 is 5.91 Å². The van der Waals surface area contributed by atoms with E-state index < -0.39 is 5.54 Å². The molecule has 0 saturated heterocycles. The van der Waals surface area contributed by atoms with Crippen molar-refractivity contribution in [2.75, 3.05) is 6.61 Å². The lowest BCUT2D eigenvalue weighted by Crippen LogP contribution is -2.46. The van der Waals surface area contributed by atoms with Crippen LogP contribution in [0.3, 0.4) is 0 Å². The van der Waals surface area contributed by atoms with Crippen molar-refractivity contribution in [3.63, 3.8) is 0 Å². The molecule has 1 atom stereocenters. The average Bonchev–Trinajstić information content (AvgIpc) is 2.97. The first-order chi connectivity index (χ1) is 10.5. The molecule has 0 bridgehead atoms. The van der Waals surface area contributed by atoms with Gasteiger partial charge in [-0.05, 0) is 13.0 Å². The maximum atomic E-state index is 12.6. The van der Waals surface area contributed by atoms with E-state index in [9.17, 15) is 4.79 Å². The summed E-state index contributed by atoms with van der Waals surface area (Å²) in [5.41, 5.74) is 0.878. The predicted molar refractivity (Wildman–Crippen MR) is 82.0 cm³/mol. The fourth-order valence-corrected chi connectivity index (χ4v) is 2.82. The van der Waals surface area contributed by atoms with Crippen LogP contribution in [0.4, 0.5) is 0 Å². The van der Waals surface area contributed by atoms with E-state index in [1.54, 1.807) is 0 Å². The molecule has 5 heteroatoms. The van der Waals surface area contributed by atoms with Gasteiger partial charge in [0, 0.05) is 17.9 Å². The van der Waals surface area contributed by atoms with Gasteiger partial charge in [-0.2, -0.15) is 0 Å². The van der Waals surface area contributed by atoms with Gasteiger partial charge in [-0.3, -0.25) is 4.79 Å². The van der Waals surface area contributed by atoms with Crippen molar-refractivity contribution in [1.29, 1.82) is 0 Å². The van der Waals surface area contributed by atoms with Gasteiger partial charge in [0.15, 0.2) is 12.1 Å². The van der Waals surface area contributed by atoms with Crippen LogP contribution in [0.15, 0.2) is 35.1 Å². The van der Waals surface area contributed by atoms with Crippen LogP contribution in [-0.2, 0) is 5.54 Å². The van der Waals surface area contributed by atoms with E-state index in [4.69, 9.17) is 9.15 Å². The number of nitrogens with one attached hydrogen (secondary N) is 1. The molecule has 1 aliphatic rings. The predicted octanol–water partition coefficient (Wildman–Crippen LogP) is 3.23. The van der Waals surface area contributed by atoms with Gasteiger partial charge < -0.3 is 14.5 Å². The molecule has 2 aromatic rings. The lowest BCUT2D eigenvalue weighted by Gasteiger charge is -2.36. The molecule has 0 fully saturated rings. The zero-order valence-electron chi connectivity index (χ0n) is 13.1. The highest BCUT2D eigenvalue weighted by Crippen LogP contribution is 2.36. The van der Waals surface area contributed by atoms with Crippen LogP contribution in [0, 0.1) is 0 Å². The third kappa shape index (κ3) is 2.47. The molecule has 1 aliphatic heterocycles. The normalized spacial score (nSPS) is 20.4. The fraction of sp³-hybridized carbons (Fsp3) is 0.412. The van der Waals surface area contributed by atoms with E-state index in [0.29, 0.717) is 24.5 Å². The van der Waals surface area contributed by atoms with E-state index in [0.717, 1.165) is 11.3 Å². The molecule has 0 aliphatic carbocycles. The Morgan fingerprint density at radius 1 is 1.36 bits per heavy atom. The van der Waals surface area contributed by atoms with Gasteiger partial charge in [0.1, 0.15) is 11.5 Å². The molecule has 1 aromatic heterocycles. The molecule has 1 unspecified atom stereocenters. The Morgan fingerprint density at radius 3 is 2.91 bits per heavy atom. The van der Waals surface area contributed by atoms with Crippen molar-refractivity contribution in [2.45, 2.75) is 38.6 Å². The van der Waals surface area contributed by atoms with Gasteiger partial charge in [0.05, 0.1) is 12.1 Å². The summed E-state index contributed by atoms with van der Waals surface area (Å²) < 4.78 is 11.0. The molecular weight excluding hydrogens is 280 g/mol. The highest BCUT2D eigenvalue weighted by atomic mass is 16.5. The highest BCUT2D eigenvalue weighted by molar-refractivity contribution is 5.94. The molecule has 0 saturated carbocycles. The number of amides is 1. The Morgan fingerprint density at radius 2 is 2.14 bits per heavy atom. The number of hydrogen-bond donors (Lipinski definition) is 1. The van der Waals surface area contributed by atoms with Gasteiger partial charge in [-0.25, -0.2) is 4.98 Å². The number of nitrogens with zero attached hydrogens (tertiary/aromatic N) is 1. The van der Waals surface area contributed by atoms with Crippen molar-refractivity contribution < 1.29 is 13.9 Å². The number of benzene rings is 1. The Hall–Kier alpha value is -2.30. The highest BCUT2D eigenvalue weighted by Gasteiger charge is 2.36. The van der Waals surface area contributed by atoms with E-state index in [2.05, 4.69) is 10.3 Å². The second-order valence-corrected chi connectivity index (χ2v) is 6.10. The zero-order chi connectivity index (χ0) is 15.7. The molecule has 0 spiro atoms. The third-order valence-electron chi connectivity index (χ3n) is 4.06. The Kier molecular flexibility index (Phi) is 3.64. The number of carbonyl (C=O) groups is 1. The number of oxazole rings is 1. The quantitative estimate of drug-likeness (QED) is 0.945. The van der Waals surface area contributed by atoms with Crippen molar-refractivity contribution in [1.82, 2.24) is 10.3 Å². The first-order valence-electron chi connectivity index (χ1n) is 7.49. The minimum atomic E-state index is -0.473. The lowest BCUT2D eigenvalue weighted by molar-refractivity contribution is 0.0866. The molecule has 1 aromatic carbocycles. The number of para-hydroxylation sites is 1. The molecular formula is C17H20N2O3. The SMILES string of the molecule is CC(C)c1ocnc1C(=O)NC1(C)CCOc2ccccc21. The molecule has 0 radical (unpaired) electrons. The molecule has 22 heavy (non-hydrogen) atoms. The summed E-state index contributed by atoms with van der Waals surface area (Å²) in [5, 5.41) is 3.11. The van der Waals surface area contributed by atoms with Crippen molar-refractivity contribution in [3.05, 3.63) is 47.7 Å². The van der Waals surface area contributed by atoms with E-state index in [1.165, 1.54) is 6.39 Å². The molecule has 5 nitrogen and oxygen atoms in total. The summed E-state index contributed by atoms with van der Waals surface area (Å²) >= 11 is 0. The maximum Gasteiger partial charge on any atom is 0.274 e. The Labute approximate surface area is 129 Å². The number of hydrogen-bond acceptors (Lipinski definition) is 4.